The molecule has 1 aliphatic heterocycles. The maximum absolute atomic E-state index is 13.4. The van der Waals surface area contributed by atoms with E-state index in [4.69, 9.17) is 4.42 Å². The number of amides is 1. The number of piperidine rings is 1. The molecule has 2 saturated carbocycles. The normalized spacial score (nSPS) is 26.1. The zero-order valence-electron chi connectivity index (χ0n) is 16.0. The van der Waals surface area contributed by atoms with Gasteiger partial charge in [0.05, 0.1) is 0 Å². The second-order valence-corrected chi connectivity index (χ2v) is 8.64. The number of carbonyl (C=O) groups excluding carboxylic acids is 1. The third kappa shape index (κ3) is 3.38. The lowest BCUT2D eigenvalue weighted by molar-refractivity contribution is -0.133. The molecule has 3 fully saturated rings. The zero-order valence-corrected chi connectivity index (χ0v) is 16.0. The van der Waals surface area contributed by atoms with E-state index in [-0.39, 0.29) is 29.6 Å². The van der Waals surface area contributed by atoms with Crippen LogP contribution in [-0.4, -0.2) is 40.1 Å². The molecule has 1 spiro atoms. The first kappa shape index (κ1) is 17.6. The van der Waals surface area contributed by atoms with Gasteiger partial charge in [0, 0.05) is 19.0 Å². The Hall–Kier alpha value is -2.44. The van der Waals surface area contributed by atoms with E-state index >= 15 is 0 Å². The number of carbonyl (C=O) groups is 1. The summed E-state index contributed by atoms with van der Waals surface area (Å²) in [5.41, 5.74) is 1.51. The minimum atomic E-state index is -0.403. The van der Waals surface area contributed by atoms with Crippen molar-refractivity contribution in [3.63, 3.8) is 0 Å². The van der Waals surface area contributed by atoms with Gasteiger partial charge in [0.2, 0.25) is 11.8 Å². The number of anilines is 1. The largest absolute Gasteiger partial charge is 0.408 e. The standard InChI is InChI=1S/C21H25FN4O2/c1-13(19(27)26-9-7-21(5-6-21)8-10-26)23-20-25-24-18(28-20)17-12-16(17)14-3-2-4-15(22)11-14/h2-4,11,13,16-17H,5-10,12H2,1H3,(H,23,25)/t13-,16-,17+/m0/s1. The van der Waals surface area contributed by atoms with E-state index in [1.54, 1.807) is 12.1 Å². The first-order chi connectivity index (χ1) is 13.5. The number of aromatic nitrogens is 2. The number of benzene rings is 1. The Morgan fingerprint density at radius 1 is 1.25 bits per heavy atom. The van der Waals surface area contributed by atoms with Crippen LogP contribution in [0.25, 0.3) is 0 Å². The lowest BCUT2D eigenvalue weighted by Gasteiger charge is -2.33. The number of hydrogen-bond donors (Lipinski definition) is 1. The highest BCUT2D eigenvalue weighted by molar-refractivity contribution is 5.83. The minimum Gasteiger partial charge on any atom is -0.408 e. The lowest BCUT2D eigenvalue weighted by Crippen LogP contribution is -2.45. The molecule has 3 atom stereocenters. The second-order valence-electron chi connectivity index (χ2n) is 8.64. The molecule has 1 aromatic heterocycles. The van der Waals surface area contributed by atoms with Crippen molar-refractivity contribution in [1.29, 1.82) is 0 Å². The molecule has 0 radical (unpaired) electrons. The van der Waals surface area contributed by atoms with Gasteiger partial charge >= 0.3 is 6.01 Å². The van der Waals surface area contributed by atoms with Crippen LogP contribution < -0.4 is 5.32 Å². The maximum atomic E-state index is 13.4. The Kier molecular flexibility index (Phi) is 4.14. The van der Waals surface area contributed by atoms with Crippen LogP contribution in [0.4, 0.5) is 10.4 Å². The summed E-state index contributed by atoms with van der Waals surface area (Å²) in [5.74, 6) is 0.733. The number of rotatable bonds is 5. The third-order valence-corrected chi connectivity index (χ3v) is 6.63. The summed E-state index contributed by atoms with van der Waals surface area (Å²) in [6.45, 7) is 3.52. The molecule has 5 rings (SSSR count). The molecule has 148 valence electrons. The van der Waals surface area contributed by atoms with Crippen molar-refractivity contribution in [2.45, 2.75) is 56.9 Å². The first-order valence-corrected chi connectivity index (χ1v) is 10.2. The Balaban J connectivity index is 1.17. The van der Waals surface area contributed by atoms with Gasteiger partial charge in [-0.05, 0) is 68.1 Å². The fourth-order valence-corrected chi connectivity index (χ4v) is 4.42. The second kappa shape index (κ2) is 6.57. The maximum Gasteiger partial charge on any atom is 0.316 e. The fraction of sp³-hybridized carbons (Fsp3) is 0.571. The molecular formula is C21H25FN4O2. The van der Waals surface area contributed by atoms with Crippen LogP contribution in [0.5, 0.6) is 0 Å². The Morgan fingerprint density at radius 2 is 2.04 bits per heavy atom. The van der Waals surface area contributed by atoms with E-state index < -0.39 is 6.04 Å². The van der Waals surface area contributed by atoms with Gasteiger partial charge in [-0.3, -0.25) is 4.79 Å². The van der Waals surface area contributed by atoms with Crippen molar-refractivity contribution in [2.24, 2.45) is 5.41 Å². The molecule has 6 nitrogen and oxygen atoms in total. The van der Waals surface area contributed by atoms with Crippen molar-refractivity contribution in [1.82, 2.24) is 15.1 Å². The molecule has 28 heavy (non-hydrogen) atoms. The van der Waals surface area contributed by atoms with E-state index in [0.29, 0.717) is 11.3 Å². The summed E-state index contributed by atoms with van der Waals surface area (Å²) < 4.78 is 19.2. The zero-order chi connectivity index (χ0) is 19.3. The minimum absolute atomic E-state index is 0.0827. The summed E-state index contributed by atoms with van der Waals surface area (Å²) in [4.78, 5) is 14.6. The van der Waals surface area contributed by atoms with Crippen molar-refractivity contribution in [3.05, 3.63) is 41.5 Å². The highest BCUT2D eigenvalue weighted by atomic mass is 19.1. The van der Waals surface area contributed by atoms with Gasteiger partial charge in [-0.15, -0.1) is 5.10 Å². The Morgan fingerprint density at radius 3 is 2.75 bits per heavy atom. The molecule has 3 aliphatic rings. The van der Waals surface area contributed by atoms with Crippen LogP contribution in [0.2, 0.25) is 0 Å². The molecular weight excluding hydrogens is 359 g/mol. The van der Waals surface area contributed by atoms with Crippen LogP contribution >= 0.6 is 0 Å². The SMILES string of the molecule is C[C@H](Nc1nnc([C@@H]2C[C@H]2c2cccc(F)c2)o1)C(=O)N1CCC2(CC1)CC2. The molecule has 7 heteroatoms. The molecule has 1 amide bonds. The van der Waals surface area contributed by atoms with Crippen LogP contribution in [0.3, 0.4) is 0 Å². The fourth-order valence-electron chi connectivity index (χ4n) is 4.42. The number of hydrogen-bond acceptors (Lipinski definition) is 5. The van der Waals surface area contributed by atoms with Gasteiger partial charge in [-0.2, -0.15) is 0 Å². The number of halogens is 1. The monoisotopic (exact) mass is 384 g/mol. The molecule has 0 unspecified atom stereocenters. The average Bonchev–Trinajstić information content (AvgIpc) is 3.61. The van der Waals surface area contributed by atoms with Crippen LogP contribution in [0, 0.1) is 11.2 Å². The highest BCUT2D eigenvalue weighted by Gasteiger charge is 2.46. The van der Waals surface area contributed by atoms with E-state index in [1.165, 1.54) is 18.9 Å². The molecule has 1 aromatic carbocycles. The van der Waals surface area contributed by atoms with E-state index in [0.717, 1.165) is 37.9 Å². The smallest absolute Gasteiger partial charge is 0.316 e. The average molecular weight is 384 g/mol. The summed E-state index contributed by atoms with van der Waals surface area (Å²) in [7, 11) is 0. The Labute approximate surface area is 163 Å². The van der Waals surface area contributed by atoms with E-state index in [2.05, 4.69) is 15.5 Å². The first-order valence-electron chi connectivity index (χ1n) is 10.2. The summed E-state index contributed by atoms with van der Waals surface area (Å²) in [5, 5.41) is 11.2. The number of nitrogens with zero attached hydrogens (tertiary/aromatic N) is 3. The van der Waals surface area contributed by atoms with Gasteiger partial charge in [0.15, 0.2) is 0 Å². The molecule has 1 saturated heterocycles. The van der Waals surface area contributed by atoms with Gasteiger partial charge in [-0.1, -0.05) is 17.2 Å². The Bertz CT molecular complexity index is 884. The molecule has 1 N–H and O–H groups in total. The van der Waals surface area contributed by atoms with Gasteiger partial charge < -0.3 is 14.6 Å². The molecule has 0 bridgehead atoms. The van der Waals surface area contributed by atoms with Gasteiger partial charge in [0.25, 0.3) is 0 Å². The van der Waals surface area contributed by atoms with Crippen LogP contribution in [0.1, 0.15) is 62.3 Å². The van der Waals surface area contributed by atoms with Crippen molar-refractivity contribution >= 4 is 11.9 Å². The summed E-state index contributed by atoms with van der Waals surface area (Å²) in [6.07, 6.45) is 5.77. The van der Waals surface area contributed by atoms with E-state index in [1.807, 2.05) is 17.9 Å². The topological polar surface area (TPSA) is 71.3 Å². The van der Waals surface area contributed by atoms with Crippen LogP contribution in [0.15, 0.2) is 28.7 Å². The summed E-state index contributed by atoms with van der Waals surface area (Å²) in [6, 6.07) is 6.52. The molecule has 2 aliphatic carbocycles. The molecule has 2 aromatic rings. The van der Waals surface area contributed by atoms with Crippen molar-refractivity contribution < 1.29 is 13.6 Å². The number of nitrogens with one attached hydrogen (secondary N) is 1. The highest BCUT2D eigenvalue weighted by Crippen LogP contribution is 2.54. The van der Waals surface area contributed by atoms with Crippen molar-refractivity contribution in [2.75, 3.05) is 18.4 Å². The van der Waals surface area contributed by atoms with Gasteiger partial charge in [0.1, 0.15) is 11.9 Å². The van der Waals surface area contributed by atoms with E-state index in [9.17, 15) is 9.18 Å². The quantitative estimate of drug-likeness (QED) is 0.851. The summed E-state index contributed by atoms with van der Waals surface area (Å²) >= 11 is 0. The number of likely N-dealkylation sites (tertiary alicyclic amines) is 1. The van der Waals surface area contributed by atoms with Gasteiger partial charge in [-0.25, -0.2) is 4.39 Å². The lowest BCUT2D eigenvalue weighted by atomic mass is 9.93. The third-order valence-electron chi connectivity index (χ3n) is 6.63. The molecule has 2 heterocycles. The predicted octanol–water partition coefficient (Wildman–Crippen LogP) is 3.68. The van der Waals surface area contributed by atoms with Crippen molar-refractivity contribution in [3.8, 4) is 0 Å². The predicted molar refractivity (Wildman–Crippen MR) is 101 cm³/mol. The van der Waals surface area contributed by atoms with Crippen LogP contribution in [-0.2, 0) is 4.79 Å².